The maximum Gasteiger partial charge on any atom is 0.193 e. The van der Waals surface area contributed by atoms with Crippen molar-refractivity contribution < 1.29 is 14.2 Å². The highest BCUT2D eigenvalue weighted by molar-refractivity contribution is 5.81. The first kappa shape index (κ1) is 29.5. The minimum absolute atomic E-state index is 0.0179. The summed E-state index contributed by atoms with van der Waals surface area (Å²) < 4.78 is 22.0. The van der Waals surface area contributed by atoms with Crippen molar-refractivity contribution in [3.63, 3.8) is 0 Å². The molecule has 10 heteroatoms. The number of rotatable bonds is 10. The predicted molar refractivity (Wildman–Crippen MR) is 164 cm³/mol. The molecule has 9 nitrogen and oxygen atoms in total. The average molecular weight is 575 g/mol. The molecule has 0 bridgehead atoms. The highest BCUT2D eigenvalue weighted by atomic mass is 19.1. The zero-order chi connectivity index (χ0) is 29.8. The summed E-state index contributed by atoms with van der Waals surface area (Å²) in [5, 5.41) is 9.38. The van der Waals surface area contributed by atoms with E-state index in [9.17, 15) is 9.18 Å². The summed E-state index contributed by atoms with van der Waals surface area (Å²) in [4.78, 5) is 29.4. The number of fused-ring (bicyclic) bond motifs is 1. The van der Waals surface area contributed by atoms with Crippen molar-refractivity contribution in [3.05, 3.63) is 87.9 Å². The van der Waals surface area contributed by atoms with Crippen LogP contribution in [0.3, 0.4) is 0 Å². The van der Waals surface area contributed by atoms with Gasteiger partial charge in [-0.3, -0.25) is 14.7 Å². The van der Waals surface area contributed by atoms with E-state index in [0.29, 0.717) is 29.6 Å². The number of halogens is 1. The number of aromatic nitrogens is 3. The molecule has 1 aliphatic heterocycles. The monoisotopic (exact) mass is 574 g/mol. The Hall–Kier alpha value is -4.02. The highest BCUT2D eigenvalue weighted by Gasteiger charge is 2.27. The highest BCUT2D eigenvalue weighted by Crippen LogP contribution is 2.27. The van der Waals surface area contributed by atoms with E-state index in [1.165, 1.54) is 12.1 Å². The summed E-state index contributed by atoms with van der Waals surface area (Å²) >= 11 is 0. The molecule has 1 fully saturated rings. The zero-order valence-electron chi connectivity index (χ0n) is 24.8. The van der Waals surface area contributed by atoms with Crippen molar-refractivity contribution in [1.82, 2.24) is 19.4 Å². The van der Waals surface area contributed by atoms with Gasteiger partial charge < -0.3 is 24.2 Å². The molecule has 3 aromatic heterocycles. The van der Waals surface area contributed by atoms with Crippen LogP contribution in [0.5, 0.6) is 5.75 Å². The van der Waals surface area contributed by atoms with E-state index in [-0.39, 0.29) is 30.4 Å². The van der Waals surface area contributed by atoms with Crippen molar-refractivity contribution in [2.75, 3.05) is 50.2 Å². The smallest absolute Gasteiger partial charge is 0.193 e. The number of aliphatic hydroxyl groups excluding tert-OH is 1. The number of pyridine rings is 3. The van der Waals surface area contributed by atoms with E-state index >= 15 is 0 Å². The third-order valence-electron chi connectivity index (χ3n) is 7.85. The molecule has 4 heterocycles. The Bertz CT molecular complexity index is 1590. The van der Waals surface area contributed by atoms with Gasteiger partial charge in [-0.1, -0.05) is 0 Å². The number of anilines is 2. The molecule has 0 aliphatic carbocycles. The van der Waals surface area contributed by atoms with Gasteiger partial charge in [0.15, 0.2) is 17.0 Å². The molecule has 1 atom stereocenters. The second kappa shape index (κ2) is 12.9. The average Bonchev–Trinajstić information content (AvgIpc) is 2.98. The van der Waals surface area contributed by atoms with E-state index in [0.717, 1.165) is 48.7 Å². The Balaban J connectivity index is 1.46. The second-order valence-corrected chi connectivity index (χ2v) is 11.2. The van der Waals surface area contributed by atoms with E-state index in [1.807, 2.05) is 68.3 Å². The van der Waals surface area contributed by atoms with Gasteiger partial charge in [-0.15, -0.1) is 0 Å². The first-order valence-electron chi connectivity index (χ1n) is 14.3. The lowest BCUT2D eigenvalue weighted by Crippen LogP contribution is -2.48. The number of nitrogens with zero attached hydrogens (tertiary/aromatic N) is 6. The van der Waals surface area contributed by atoms with Gasteiger partial charge in [0.2, 0.25) is 0 Å². The molecule has 5 rings (SSSR count). The third kappa shape index (κ3) is 6.55. The van der Waals surface area contributed by atoms with Crippen LogP contribution in [0.4, 0.5) is 15.9 Å². The largest absolute Gasteiger partial charge is 0.488 e. The first-order chi connectivity index (χ1) is 20.2. The Morgan fingerprint density at radius 1 is 1.14 bits per heavy atom. The molecule has 0 amide bonds. The minimum atomic E-state index is -0.619. The van der Waals surface area contributed by atoms with Gasteiger partial charge in [0, 0.05) is 88.5 Å². The Morgan fingerprint density at radius 3 is 2.69 bits per heavy atom. The van der Waals surface area contributed by atoms with Crippen LogP contribution < -0.4 is 20.0 Å². The summed E-state index contributed by atoms with van der Waals surface area (Å²) in [5.74, 6) is 0.313. The van der Waals surface area contributed by atoms with Crippen LogP contribution in [0.15, 0.2) is 59.8 Å². The van der Waals surface area contributed by atoms with Crippen LogP contribution in [-0.4, -0.2) is 71.0 Å². The van der Waals surface area contributed by atoms with Crippen molar-refractivity contribution in [1.29, 1.82) is 0 Å². The fourth-order valence-corrected chi connectivity index (χ4v) is 5.72. The molecule has 42 heavy (non-hydrogen) atoms. The second-order valence-electron chi connectivity index (χ2n) is 11.2. The normalized spacial score (nSPS) is 15.4. The molecule has 0 radical (unpaired) electrons. The summed E-state index contributed by atoms with van der Waals surface area (Å²) in [7, 11) is 5.81. The fraction of sp³-hybridized carbons (Fsp3) is 0.406. The van der Waals surface area contributed by atoms with Gasteiger partial charge in [-0.25, -0.2) is 9.37 Å². The van der Waals surface area contributed by atoms with Crippen LogP contribution in [-0.2, 0) is 20.1 Å². The van der Waals surface area contributed by atoms with Crippen molar-refractivity contribution in [2.24, 2.45) is 7.05 Å². The predicted octanol–water partition coefficient (Wildman–Crippen LogP) is 3.88. The van der Waals surface area contributed by atoms with Crippen LogP contribution >= 0.6 is 0 Å². The summed E-state index contributed by atoms with van der Waals surface area (Å²) in [6.45, 7) is 4.56. The summed E-state index contributed by atoms with van der Waals surface area (Å²) in [5.41, 5.74) is 4.15. The van der Waals surface area contributed by atoms with Gasteiger partial charge in [-0.2, -0.15) is 0 Å². The number of hydrogen-bond donors (Lipinski definition) is 1. The number of benzene rings is 1. The van der Waals surface area contributed by atoms with Gasteiger partial charge >= 0.3 is 0 Å². The lowest BCUT2D eigenvalue weighted by molar-refractivity contribution is 0.158. The maximum absolute atomic E-state index is 14.9. The zero-order valence-corrected chi connectivity index (χ0v) is 24.8. The van der Waals surface area contributed by atoms with Gasteiger partial charge in [0.25, 0.3) is 0 Å². The number of ether oxygens (including phenoxy) is 1. The molecule has 1 saturated heterocycles. The summed E-state index contributed by atoms with van der Waals surface area (Å²) in [6.07, 6.45) is 7.61. The SMILES string of the molecule is Cc1cc(CN(Cc2cn(C)c3cc(OCCO)c(F)cc3c2=O)[C@H]2CCCN(c3ccc(N(C)C)nc3)C2)ccn1. The molecular formula is C32H39FN6O3. The Labute approximate surface area is 245 Å². The minimum Gasteiger partial charge on any atom is -0.488 e. The van der Waals surface area contributed by atoms with Gasteiger partial charge in [0.1, 0.15) is 12.4 Å². The van der Waals surface area contributed by atoms with E-state index in [4.69, 9.17) is 9.84 Å². The van der Waals surface area contributed by atoms with Crippen molar-refractivity contribution >= 4 is 22.4 Å². The van der Waals surface area contributed by atoms with Crippen LogP contribution in [0.2, 0.25) is 0 Å². The number of hydrogen-bond acceptors (Lipinski definition) is 8. The van der Waals surface area contributed by atoms with Crippen LogP contribution in [0.1, 0.15) is 29.7 Å². The quantitative estimate of drug-likeness (QED) is 0.306. The number of piperidine rings is 1. The third-order valence-corrected chi connectivity index (χ3v) is 7.85. The van der Waals surface area contributed by atoms with Crippen LogP contribution in [0.25, 0.3) is 10.9 Å². The number of aryl methyl sites for hydroxylation is 2. The molecule has 1 N–H and O–H groups in total. The van der Waals surface area contributed by atoms with Crippen LogP contribution in [0, 0.1) is 12.7 Å². The Kier molecular flexibility index (Phi) is 9.03. The lowest BCUT2D eigenvalue weighted by atomic mass is 10.0. The fourth-order valence-electron chi connectivity index (χ4n) is 5.72. The van der Waals surface area contributed by atoms with Crippen molar-refractivity contribution in [3.8, 4) is 5.75 Å². The molecule has 4 aromatic rings. The van der Waals surface area contributed by atoms with E-state index < -0.39 is 5.82 Å². The maximum atomic E-state index is 14.9. The lowest BCUT2D eigenvalue weighted by Gasteiger charge is -2.40. The standard InChI is InChI=1S/C32H39FN6O3/c1-22-14-23(9-10-34-22)18-39(26-6-5-11-38(21-26)25-7-8-31(35-17-25)36(2)3)20-24-19-37(4)29-16-30(42-13-12-40)28(33)15-27(29)32(24)41/h7-10,14-17,19,26,40H,5-6,11-13,18,20-21H2,1-4H3/t26-/m0/s1. The van der Waals surface area contributed by atoms with E-state index in [1.54, 1.807) is 0 Å². The molecular weight excluding hydrogens is 535 g/mol. The first-order valence-corrected chi connectivity index (χ1v) is 14.3. The van der Waals surface area contributed by atoms with Gasteiger partial charge in [0.05, 0.1) is 24.0 Å². The van der Waals surface area contributed by atoms with E-state index in [2.05, 4.69) is 31.9 Å². The van der Waals surface area contributed by atoms with Crippen molar-refractivity contribution in [2.45, 2.75) is 38.9 Å². The molecule has 0 unspecified atom stereocenters. The van der Waals surface area contributed by atoms with Gasteiger partial charge in [-0.05, 0) is 55.7 Å². The molecule has 1 aromatic carbocycles. The molecule has 1 aliphatic rings. The Morgan fingerprint density at radius 2 is 1.98 bits per heavy atom. The number of aliphatic hydroxyl groups is 1. The molecule has 0 saturated carbocycles. The molecule has 0 spiro atoms. The topological polar surface area (TPSA) is 87.0 Å². The molecule has 222 valence electrons. The summed E-state index contributed by atoms with van der Waals surface area (Å²) in [6, 6.07) is 11.2.